The van der Waals surface area contributed by atoms with E-state index in [-0.39, 0.29) is 17.2 Å². The van der Waals surface area contributed by atoms with Gasteiger partial charge in [-0.2, -0.15) is 0 Å². The first-order valence-corrected chi connectivity index (χ1v) is 11.7. The molecule has 0 aliphatic rings. The van der Waals surface area contributed by atoms with Crippen molar-refractivity contribution in [1.29, 1.82) is 0 Å². The fraction of sp³-hybridized carbons (Fsp3) is 0.208. The maximum Gasteiger partial charge on any atom is 0.267 e. The third kappa shape index (κ3) is 4.29. The smallest absolute Gasteiger partial charge is 0.267 e. The lowest BCUT2D eigenvalue weighted by atomic mass is 10.1. The van der Waals surface area contributed by atoms with Gasteiger partial charge in [0.05, 0.1) is 16.8 Å². The molecule has 1 N–H and O–H groups in total. The van der Waals surface area contributed by atoms with E-state index >= 15 is 0 Å². The third-order valence-corrected chi connectivity index (χ3v) is 7.23. The predicted octanol–water partition coefficient (Wildman–Crippen LogP) is 5.41. The zero-order valence-corrected chi connectivity index (χ0v) is 19.5. The molecule has 31 heavy (non-hydrogen) atoms. The van der Waals surface area contributed by atoms with E-state index in [2.05, 4.69) is 5.32 Å². The number of amides is 1. The minimum atomic E-state index is -0.133. The van der Waals surface area contributed by atoms with Crippen LogP contribution in [0.5, 0.6) is 0 Å². The molecule has 7 heteroatoms. The molecule has 0 atom stereocenters. The number of para-hydroxylation sites is 1. The zero-order chi connectivity index (χ0) is 22.1. The highest BCUT2D eigenvalue weighted by molar-refractivity contribution is 7.99. The average molecular weight is 450 g/mol. The summed E-state index contributed by atoms with van der Waals surface area (Å²) in [5.41, 5.74) is 4.50. The molecule has 2 aromatic heterocycles. The van der Waals surface area contributed by atoms with E-state index < -0.39 is 0 Å². The number of thiophene rings is 1. The van der Waals surface area contributed by atoms with Gasteiger partial charge in [0.2, 0.25) is 5.91 Å². The minimum Gasteiger partial charge on any atom is -0.325 e. The highest BCUT2D eigenvalue weighted by atomic mass is 32.2. The van der Waals surface area contributed by atoms with Crippen LogP contribution in [0.4, 0.5) is 5.69 Å². The molecule has 0 radical (unpaired) electrons. The van der Waals surface area contributed by atoms with Crippen LogP contribution in [0.25, 0.3) is 15.9 Å². The standard InChI is InChI=1S/C24H23N3O2S2/c1-14-10-11-15(2)19(12-14)25-20(28)13-30-24-26-22-21(16(3)17(4)31-22)23(29)27(24)18-8-6-5-7-9-18/h5-12H,13H2,1-4H3,(H,25,28). The number of aromatic nitrogens is 2. The van der Waals surface area contributed by atoms with Crippen molar-refractivity contribution in [1.82, 2.24) is 9.55 Å². The summed E-state index contributed by atoms with van der Waals surface area (Å²) >= 11 is 2.78. The van der Waals surface area contributed by atoms with E-state index in [4.69, 9.17) is 4.98 Å². The number of nitrogens with one attached hydrogen (secondary N) is 1. The number of nitrogens with zero attached hydrogens (tertiary/aromatic N) is 2. The molecule has 0 unspecified atom stereocenters. The third-order valence-electron chi connectivity index (χ3n) is 5.19. The molecule has 2 aromatic carbocycles. The Hall–Kier alpha value is -2.90. The Bertz CT molecular complexity index is 1340. The van der Waals surface area contributed by atoms with Crippen LogP contribution in [0.2, 0.25) is 0 Å². The number of aryl methyl sites for hydroxylation is 4. The fourth-order valence-electron chi connectivity index (χ4n) is 3.36. The second kappa shape index (κ2) is 8.69. The van der Waals surface area contributed by atoms with E-state index in [1.165, 1.54) is 23.1 Å². The molecule has 0 fully saturated rings. The van der Waals surface area contributed by atoms with Gasteiger partial charge < -0.3 is 5.32 Å². The number of anilines is 1. The van der Waals surface area contributed by atoms with Crippen LogP contribution in [-0.2, 0) is 4.79 Å². The van der Waals surface area contributed by atoms with E-state index in [9.17, 15) is 9.59 Å². The van der Waals surface area contributed by atoms with E-state index in [1.54, 1.807) is 4.57 Å². The van der Waals surface area contributed by atoms with Gasteiger partial charge in [-0.3, -0.25) is 14.2 Å². The molecule has 4 rings (SSSR count). The summed E-state index contributed by atoms with van der Waals surface area (Å²) in [7, 11) is 0. The summed E-state index contributed by atoms with van der Waals surface area (Å²) in [5.74, 6) is 0.0211. The summed E-state index contributed by atoms with van der Waals surface area (Å²) in [6, 6.07) is 15.4. The van der Waals surface area contributed by atoms with Crippen molar-refractivity contribution in [2.75, 3.05) is 11.1 Å². The van der Waals surface area contributed by atoms with Gasteiger partial charge in [-0.25, -0.2) is 4.98 Å². The first kappa shape index (κ1) is 21.3. The lowest BCUT2D eigenvalue weighted by Gasteiger charge is -2.13. The number of benzene rings is 2. The highest BCUT2D eigenvalue weighted by Gasteiger charge is 2.19. The molecular weight excluding hydrogens is 426 g/mol. The lowest BCUT2D eigenvalue weighted by molar-refractivity contribution is -0.113. The quantitative estimate of drug-likeness (QED) is 0.327. The summed E-state index contributed by atoms with van der Waals surface area (Å²) in [6.07, 6.45) is 0. The molecule has 2 heterocycles. The number of hydrogen-bond acceptors (Lipinski definition) is 5. The molecule has 0 saturated carbocycles. The van der Waals surface area contributed by atoms with Crippen molar-refractivity contribution in [3.05, 3.63) is 80.5 Å². The Kier molecular flexibility index (Phi) is 5.98. The van der Waals surface area contributed by atoms with Gasteiger partial charge in [0.1, 0.15) is 4.83 Å². The van der Waals surface area contributed by atoms with Gasteiger partial charge in [-0.05, 0) is 62.6 Å². The van der Waals surface area contributed by atoms with Gasteiger partial charge in [0.25, 0.3) is 5.56 Å². The lowest BCUT2D eigenvalue weighted by Crippen LogP contribution is -2.23. The molecule has 1 amide bonds. The van der Waals surface area contributed by atoms with Crippen molar-refractivity contribution >= 4 is 44.9 Å². The van der Waals surface area contributed by atoms with Crippen molar-refractivity contribution < 1.29 is 4.79 Å². The molecule has 0 saturated heterocycles. The van der Waals surface area contributed by atoms with Gasteiger partial charge in [-0.15, -0.1) is 11.3 Å². The monoisotopic (exact) mass is 449 g/mol. The van der Waals surface area contributed by atoms with Crippen molar-refractivity contribution in [2.24, 2.45) is 0 Å². The first-order valence-electron chi connectivity index (χ1n) is 9.93. The Morgan fingerprint density at radius 3 is 2.58 bits per heavy atom. The number of thioether (sulfide) groups is 1. The second-order valence-corrected chi connectivity index (χ2v) is 9.63. The van der Waals surface area contributed by atoms with Crippen LogP contribution in [0.15, 0.2) is 58.5 Å². The van der Waals surface area contributed by atoms with Crippen LogP contribution in [-0.4, -0.2) is 21.2 Å². The molecule has 0 bridgehead atoms. The van der Waals surface area contributed by atoms with E-state index in [1.807, 2.05) is 76.2 Å². The predicted molar refractivity (Wildman–Crippen MR) is 130 cm³/mol. The highest BCUT2D eigenvalue weighted by Crippen LogP contribution is 2.29. The topological polar surface area (TPSA) is 64.0 Å². The van der Waals surface area contributed by atoms with Crippen LogP contribution < -0.4 is 10.9 Å². The molecule has 4 aromatic rings. The number of carbonyl (C=O) groups excluding carboxylic acids is 1. The summed E-state index contributed by atoms with van der Waals surface area (Å²) < 4.78 is 1.61. The zero-order valence-electron chi connectivity index (χ0n) is 17.9. The van der Waals surface area contributed by atoms with Crippen molar-refractivity contribution in [3.63, 3.8) is 0 Å². The number of hydrogen-bond donors (Lipinski definition) is 1. The first-order chi connectivity index (χ1) is 14.8. The van der Waals surface area contributed by atoms with Crippen molar-refractivity contribution in [3.8, 4) is 5.69 Å². The molecular formula is C24H23N3O2S2. The Balaban J connectivity index is 1.69. The van der Waals surface area contributed by atoms with Crippen molar-refractivity contribution in [2.45, 2.75) is 32.9 Å². The van der Waals surface area contributed by atoms with Gasteiger partial charge in [-0.1, -0.05) is 42.1 Å². The van der Waals surface area contributed by atoms with Crippen LogP contribution in [0.3, 0.4) is 0 Å². The minimum absolute atomic E-state index is 0.101. The van der Waals surface area contributed by atoms with Gasteiger partial charge in [0.15, 0.2) is 5.16 Å². The van der Waals surface area contributed by atoms with Crippen LogP contribution >= 0.6 is 23.1 Å². The molecule has 0 aliphatic heterocycles. The molecule has 5 nitrogen and oxygen atoms in total. The summed E-state index contributed by atoms with van der Waals surface area (Å²) in [6.45, 7) is 7.91. The fourth-order valence-corrected chi connectivity index (χ4v) is 5.25. The maximum atomic E-state index is 13.4. The normalized spacial score (nSPS) is 11.1. The molecule has 0 aliphatic carbocycles. The Morgan fingerprint density at radius 2 is 1.84 bits per heavy atom. The van der Waals surface area contributed by atoms with E-state index in [0.717, 1.165) is 32.9 Å². The molecule has 158 valence electrons. The van der Waals surface area contributed by atoms with Gasteiger partial charge in [0, 0.05) is 10.6 Å². The number of carbonyl (C=O) groups is 1. The van der Waals surface area contributed by atoms with Crippen LogP contribution in [0.1, 0.15) is 21.6 Å². The molecule has 0 spiro atoms. The number of fused-ring (bicyclic) bond motifs is 1. The van der Waals surface area contributed by atoms with Gasteiger partial charge >= 0.3 is 0 Å². The van der Waals surface area contributed by atoms with Crippen LogP contribution in [0, 0.1) is 27.7 Å². The Morgan fingerprint density at radius 1 is 1.10 bits per heavy atom. The largest absolute Gasteiger partial charge is 0.325 e. The Labute approximate surface area is 189 Å². The SMILES string of the molecule is Cc1ccc(C)c(NC(=O)CSc2nc3sc(C)c(C)c3c(=O)n2-c2ccccc2)c1. The van der Waals surface area contributed by atoms with E-state index in [0.29, 0.717) is 15.4 Å². The summed E-state index contributed by atoms with van der Waals surface area (Å²) in [4.78, 5) is 32.6. The average Bonchev–Trinajstić information content (AvgIpc) is 3.03. The summed E-state index contributed by atoms with van der Waals surface area (Å²) in [5, 5.41) is 4.14. The second-order valence-electron chi connectivity index (χ2n) is 7.49. The number of rotatable bonds is 5. The maximum absolute atomic E-state index is 13.4.